The number of aromatic nitrogens is 2. The van der Waals surface area contributed by atoms with Crippen LogP contribution >= 0.6 is 11.5 Å². The van der Waals surface area contributed by atoms with Gasteiger partial charge in [-0.3, -0.25) is 4.79 Å². The Labute approximate surface area is 111 Å². The molecule has 1 aliphatic carbocycles. The van der Waals surface area contributed by atoms with Crippen molar-refractivity contribution in [1.29, 1.82) is 0 Å². The molecule has 1 amide bonds. The highest BCUT2D eigenvalue weighted by Gasteiger charge is 2.36. The Balaban J connectivity index is 1.73. The maximum absolute atomic E-state index is 12.5. The topological polar surface area (TPSA) is 58.1 Å². The van der Waals surface area contributed by atoms with Crippen LogP contribution in [-0.2, 0) is 0 Å². The molecule has 98 valence electrons. The fraction of sp³-hybridized carbons (Fsp3) is 0.750. The number of amides is 1. The molecular weight excluding hydrogens is 248 g/mol. The van der Waals surface area contributed by atoms with E-state index in [1.165, 1.54) is 24.4 Å². The third-order valence-electron chi connectivity index (χ3n) is 3.67. The van der Waals surface area contributed by atoms with Crippen LogP contribution in [0.4, 0.5) is 0 Å². The van der Waals surface area contributed by atoms with Crippen LogP contribution in [0.25, 0.3) is 0 Å². The summed E-state index contributed by atoms with van der Waals surface area (Å²) in [7, 11) is 0. The van der Waals surface area contributed by atoms with E-state index in [9.17, 15) is 4.79 Å². The number of hydrogen-bond donors (Lipinski definition) is 1. The van der Waals surface area contributed by atoms with Gasteiger partial charge in [-0.05, 0) is 50.7 Å². The molecule has 1 atom stereocenters. The van der Waals surface area contributed by atoms with Crippen LogP contribution in [0.1, 0.15) is 41.0 Å². The second-order valence-corrected chi connectivity index (χ2v) is 5.92. The van der Waals surface area contributed by atoms with Gasteiger partial charge in [0.15, 0.2) is 0 Å². The lowest BCUT2D eigenvalue weighted by Gasteiger charge is -2.25. The minimum Gasteiger partial charge on any atom is -0.333 e. The highest BCUT2D eigenvalue weighted by molar-refractivity contribution is 7.07. The largest absolute Gasteiger partial charge is 0.333 e. The Morgan fingerprint density at radius 3 is 2.89 bits per heavy atom. The Morgan fingerprint density at radius 1 is 1.50 bits per heavy atom. The summed E-state index contributed by atoms with van der Waals surface area (Å²) in [5.41, 5.74) is 0.759. The number of aryl methyl sites for hydroxylation is 1. The molecule has 3 rings (SSSR count). The average molecular weight is 266 g/mol. The Hall–Kier alpha value is -1.01. The van der Waals surface area contributed by atoms with Gasteiger partial charge >= 0.3 is 0 Å². The molecule has 1 saturated heterocycles. The molecule has 6 heteroatoms. The standard InChI is InChI=1S/C12H18N4OS/c1-8-11(18-15-14-8)12(17)16(10-4-5-10)7-9-3-2-6-13-9/h9-10,13H,2-7H2,1H3. The number of nitrogens with one attached hydrogen (secondary N) is 1. The summed E-state index contributed by atoms with van der Waals surface area (Å²) in [4.78, 5) is 15.3. The van der Waals surface area contributed by atoms with Crippen molar-refractivity contribution in [1.82, 2.24) is 19.8 Å². The first kappa shape index (κ1) is 12.0. The number of carbonyl (C=O) groups is 1. The minimum absolute atomic E-state index is 0.124. The Bertz CT molecular complexity index is 437. The zero-order chi connectivity index (χ0) is 12.5. The fourth-order valence-electron chi connectivity index (χ4n) is 2.49. The zero-order valence-electron chi connectivity index (χ0n) is 10.6. The van der Waals surface area contributed by atoms with Crippen LogP contribution in [0.2, 0.25) is 0 Å². The van der Waals surface area contributed by atoms with E-state index in [2.05, 4.69) is 14.9 Å². The van der Waals surface area contributed by atoms with Gasteiger partial charge in [-0.25, -0.2) is 0 Å². The van der Waals surface area contributed by atoms with E-state index in [-0.39, 0.29) is 5.91 Å². The van der Waals surface area contributed by atoms with Crippen LogP contribution in [0, 0.1) is 6.92 Å². The maximum atomic E-state index is 12.5. The number of carbonyl (C=O) groups excluding carboxylic acids is 1. The summed E-state index contributed by atoms with van der Waals surface area (Å²) < 4.78 is 3.87. The fourth-order valence-corrected chi connectivity index (χ4v) is 3.11. The molecule has 0 radical (unpaired) electrons. The average Bonchev–Trinajstić information content (AvgIpc) is 2.89. The predicted octanol–water partition coefficient (Wildman–Crippen LogP) is 1.20. The molecule has 1 aliphatic heterocycles. The minimum atomic E-state index is 0.124. The third-order valence-corrected chi connectivity index (χ3v) is 4.49. The lowest BCUT2D eigenvalue weighted by Crippen LogP contribution is -2.42. The highest BCUT2D eigenvalue weighted by atomic mass is 32.1. The van der Waals surface area contributed by atoms with E-state index in [1.807, 2.05) is 11.8 Å². The molecule has 5 nitrogen and oxygen atoms in total. The normalized spacial score (nSPS) is 23.3. The highest BCUT2D eigenvalue weighted by Crippen LogP contribution is 2.30. The maximum Gasteiger partial charge on any atom is 0.267 e. The van der Waals surface area contributed by atoms with Crippen molar-refractivity contribution in [3.8, 4) is 0 Å². The molecule has 18 heavy (non-hydrogen) atoms. The van der Waals surface area contributed by atoms with Crippen LogP contribution in [0.3, 0.4) is 0 Å². The van der Waals surface area contributed by atoms with Gasteiger partial charge in [0, 0.05) is 18.6 Å². The van der Waals surface area contributed by atoms with Gasteiger partial charge in [0.1, 0.15) is 4.88 Å². The van der Waals surface area contributed by atoms with E-state index < -0.39 is 0 Å². The van der Waals surface area contributed by atoms with Gasteiger partial charge in [0.25, 0.3) is 5.91 Å². The van der Waals surface area contributed by atoms with Crippen LogP contribution in [0.5, 0.6) is 0 Å². The summed E-state index contributed by atoms with van der Waals surface area (Å²) in [6.45, 7) is 3.77. The molecular formula is C12H18N4OS. The van der Waals surface area contributed by atoms with Crippen molar-refractivity contribution in [2.24, 2.45) is 0 Å². The van der Waals surface area contributed by atoms with Crippen molar-refractivity contribution >= 4 is 17.4 Å². The van der Waals surface area contributed by atoms with Gasteiger partial charge in [0.2, 0.25) is 0 Å². The second kappa shape index (κ2) is 4.93. The lowest BCUT2D eigenvalue weighted by atomic mass is 10.2. The molecule has 2 aliphatic rings. The van der Waals surface area contributed by atoms with Crippen molar-refractivity contribution in [3.63, 3.8) is 0 Å². The molecule has 2 heterocycles. The van der Waals surface area contributed by atoms with Gasteiger partial charge in [-0.1, -0.05) is 4.49 Å². The quantitative estimate of drug-likeness (QED) is 0.890. The van der Waals surface area contributed by atoms with E-state index in [0.717, 1.165) is 31.6 Å². The summed E-state index contributed by atoms with van der Waals surface area (Å²) in [5, 5.41) is 7.40. The zero-order valence-corrected chi connectivity index (χ0v) is 11.4. The molecule has 1 unspecified atom stereocenters. The van der Waals surface area contributed by atoms with Gasteiger partial charge in [0.05, 0.1) is 5.69 Å². The van der Waals surface area contributed by atoms with Crippen molar-refractivity contribution < 1.29 is 4.79 Å². The molecule has 0 bridgehead atoms. The van der Waals surface area contributed by atoms with E-state index >= 15 is 0 Å². The van der Waals surface area contributed by atoms with E-state index in [1.54, 1.807) is 0 Å². The number of nitrogens with zero attached hydrogens (tertiary/aromatic N) is 3. The molecule has 0 spiro atoms. The third kappa shape index (κ3) is 2.40. The molecule has 1 aromatic heterocycles. The lowest BCUT2D eigenvalue weighted by molar-refractivity contribution is 0.0732. The monoisotopic (exact) mass is 266 g/mol. The smallest absolute Gasteiger partial charge is 0.267 e. The van der Waals surface area contributed by atoms with Crippen molar-refractivity contribution in [3.05, 3.63) is 10.6 Å². The van der Waals surface area contributed by atoms with Gasteiger partial charge in [-0.15, -0.1) is 5.10 Å². The SMILES string of the molecule is Cc1nnsc1C(=O)N(CC1CCCN1)C1CC1. The summed E-state index contributed by atoms with van der Waals surface area (Å²) in [6, 6.07) is 0.914. The molecule has 0 aromatic carbocycles. The van der Waals surface area contributed by atoms with Gasteiger partial charge < -0.3 is 10.2 Å². The van der Waals surface area contributed by atoms with Gasteiger partial charge in [-0.2, -0.15) is 0 Å². The summed E-state index contributed by atoms with van der Waals surface area (Å²) in [6.07, 6.45) is 4.68. The summed E-state index contributed by atoms with van der Waals surface area (Å²) >= 11 is 1.22. The first-order chi connectivity index (χ1) is 8.75. The number of rotatable bonds is 4. The number of hydrogen-bond acceptors (Lipinski definition) is 5. The Kier molecular flexibility index (Phi) is 3.30. The van der Waals surface area contributed by atoms with Crippen LogP contribution in [0.15, 0.2) is 0 Å². The van der Waals surface area contributed by atoms with Crippen LogP contribution in [-0.4, -0.2) is 45.6 Å². The first-order valence-electron chi connectivity index (χ1n) is 6.59. The molecule has 1 aromatic rings. The molecule has 1 saturated carbocycles. The Morgan fingerprint density at radius 2 is 2.33 bits per heavy atom. The first-order valence-corrected chi connectivity index (χ1v) is 7.36. The second-order valence-electron chi connectivity index (χ2n) is 5.17. The molecule has 2 fully saturated rings. The van der Waals surface area contributed by atoms with E-state index in [4.69, 9.17) is 0 Å². The van der Waals surface area contributed by atoms with Crippen molar-refractivity contribution in [2.45, 2.75) is 44.7 Å². The van der Waals surface area contributed by atoms with Crippen LogP contribution < -0.4 is 5.32 Å². The predicted molar refractivity (Wildman–Crippen MR) is 69.7 cm³/mol. The van der Waals surface area contributed by atoms with Crippen molar-refractivity contribution in [2.75, 3.05) is 13.1 Å². The molecule has 1 N–H and O–H groups in total. The summed E-state index contributed by atoms with van der Waals surface area (Å²) in [5.74, 6) is 0.124. The van der Waals surface area contributed by atoms with E-state index in [0.29, 0.717) is 17.0 Å².